The molecule has 3 heterocycles. The Hall–Kier alpha value is -2.30. The summed E-state index contributed by atoms with van der Waals surface area (Å²) < 4.78 is 29.6. The van der Waals surface area contributed by atoms with E-state index in [0.717, 1.165) is 4.90 Å². The van der Waals surface area contributed by atoms with Crippen LogP contribution in [0.1, 0.15) is 112 Å². The van der Waals surface area contributed by atoms with E-state index in [1.165, 1.54) is 14.2 Å². The van der Waals surface area contributed by atoms with Crippen molar-refractivity contribution in [1.29, 1.82) is 0 Å². The number of hydrogen-bond donors (Lipinski definition) is 4. The van der Waals surface area contributed by atoms with Gasteiger partial charge in [-0.05, 0) is 94.5 Å². The minimum atomic E-state index is -2.56. The van der Waals surface area contributed by atoms with E-state index < -0.39 is 90.0 Å². The third-order valence-electron chi connectivity index (χ3n) is 13.6. The van der Waals surface area contributed by atoms with Crippen molar-refractivity contribution >= 4 is 23.4 Å². The van der Waals surface area contributed by atoms with Crippen LogP contribution in [0.3, 0.4) is 0 Å². The molecule has 0 spiro atoms. The van der Waals surface area contributed by atoms with Crippen LogP contribution < -0.4 is 0 Å². The lowest BCUT2D eigenvalue weighted by molar-refractivity contribution is -0.303. The van der Waals surface area contributed by atoms with Crippen molar-refractivity contribution in [2.45, 2.75) is 173 Å². The number of ether oxygens (including phenoxy) is 5. The van der Waals surface area contributed by atoms with Gasteiger partial charge >= 0.3 is 5.97 Å². The van der Waals surface area contributed by atoms with Gasteiger partial charge in [-0.2, -0.15) is 0 Å². The molecule has 3 aliphatic heterocycles. The van der Waals surface area contributed by atoms with Gasteiger partial charge in [0.15, 0.2) is 0 Å². The number of nitrogens with zero attached hydrogens (tertiary/aromatic N) is 1. The number of esters is 1. The Bertz CT molecular complexity index is 1410. The monoisotopic (exact) mass is 809 g/mol. The normalized spacial score (nSPS) is 42.9. The summed E-state index contributed by atoms with van der Waals surface area (Å²) in [6, 6.07) is -1.15. The molecule has 1 saturated carbocycles. The summed E-state index contributed by atoms with van der Waals surface area (Å²) in [7, 11) is 4.52. The zero-order valence-electron chi connectivity index (χ0n) is 35.6. The largest absolute Gasteiger partial charge is 0.456 e. The lowest BCUT2D eigenvalue weighted by Gasteiger charge is -2.47. The number of Topliss-reactive ketones (excluding diaryl/α,β-unsaturated/α-hetero) is 2. The number of methoxy groups -OCH3 is 3. The molecule has 3 saturated heterocycles. The fourth-order valence-corrected chi connectivity index (χ4v) is 9.71. The summed E-state index contributed by atoms with van der Waals surface area (Å²) in [5.41, 5.74) is 0.643. The molecule has 0 aromatic rings. The third kappa shape index (κ3) is 10.9. The van der Waals surface area contributed by atoms with Crippen LogP contribution in [0.2, 0.25) is 0 Å². The number of aliphatic hydroxyl groups excluding tert-OH is 3. The quantitative estimate of drug-likeness (QED) is 0.173. The lowest BCUT2D eigenvalue weighted by Crippen LogP contribution is -2.64. The Balaban J connectivity index is 1.76. The second-order valence-electron chi connectivity index (χ2n) is 17.6. The average molecular weight is 810 g/mol. The van der Waals surface area contributed by atoms with Crippen molar-refractivity contribution in [3.8, 4) is 0 Å². The molecule has 4 fully saturated rings. The van der Waals surface area contributed by atoms with Gasteiger partial charge in [0.25, 0.3) is 11.7 Å². The van der Waals surface area contributed by atoms with Crippen LogP contribution >= 0.6 is 0 Å². The fourth-order valence-electron chi connectivity index (χ4n) is 9.71. The van der Waals surface area contributed by atoms with E-state index in [1.807, 2.05) is 26.8 Å². The van der Waals surface area contributed by atoms with E-state index in [2.05, 4.69) is 0 Å². The standard InChI is InChI=1S/C43H71NO13/c1-10-29-18-23(2)37(48)24(3)19-35(54-8)39-36(55-9)20-26(5)43(52,57-39)40(49)41(50)44-16-12-11-13-30(44)42(51)56-38(27(6)32(46)22-33(29)47)25(4)17-28-14-15-31(45)34(21-28)53-7/h17,23-24,26-32,34-39,45-46,48,52H,10-16,18-22H2,1-9H3/b25-17+. The van der Waals surface area contributed by atoms with Crippen LogP contribution in [0.25, 0.3) is 0 Å². The zero-order chi connectivity index (χ0) is 42.4. The van der Waals surface area contributed by atoms with Gasteiger partial charge in [-0.15, -0.1) is 0 Å². The van der Waals surface area contributed by atoms with Crippen molar-refractivity contribution in [3.63, 3.8) is 0 Å². The number of carbonyl (C=O) groups excluding carboxylic acids is 4. The number of amides is 1. The maximum absolute atomic E-state index is 14.3. The Labute approximate surface area is 339 Å². The zero-order valence-corrected chi connectivity index (χ0v) is 35.6. The Morgan fingerprint density at radius 1 is 0.842 bits per heavy atom. The van der Waals surface area contributed by atoms with Gasteiger partial charge in [0, 0.05) is 52.0 Å². The summed E-state index contributed by atoms with van der Waals surface area (Å²) in [6.45, 7) is 10.8. The molecule has 2 bridgehead atoms. The van der Waals surface area contributed by atoms with Crippen molar-refractivity contribution in [2.24, 2.45) is 35.5 Å². The maximum Gasteiger partial charge on any atom is 0.329 e. The summed E-state index contributed by atoms with van der Waals surface area (Å²) in [5, 5.41) is 45.7. The number of allylic oxidation sites excluding steroid dienone is 1. The predicted molar refractivity (Wildman–Crippen MR) is 209 cm³/mol. The molecule has 4 aliphatic rings. The number of piperidine rings is 1. The smallest absolute Gasteiger partial charge is 0.329 e. The highest BCUT2D eigenvalue weighted by atomic mass is 16.7. The van der Waals surface area contributed by atoms with Gasteiger partial charge in [0.2, 0.25) is 5.79 Å². The van der Waals surface area contributed by atoms with E-state index in [0.29, 0.717) is 50.5 Å². The maximum atomic E-state index is 14.3. The van der Waals surface area contributed by atoms with Gasteiger partial charge < -0.3 is 49.0 Å². The molecule has 1 amide bonds. The van der Waals surface area contributed by atoms with Crippen LogP contribution in [-0.4, -0.2) is 137 Å². The van der Waals surface area contributed by atoms with Crippen molar-refractivity contribution in [2.75, 3.05) is 27.9 Å². The third-order valence-corrected chi connectivity index (χ3v) is 13.6. The molecule has 4 N–H and O–H groups in total. The highest BCUT2D eigenvalue weighted by Gasteiger charge is 2.57. The molecule has 0 radical (unpaired) electrons. The van der Waals surface area contributed by atoms with E-state index in [1.54, 1.807) is 27.9 Å². The Kier molecular flexibility index (Phi) is 17.3. The number of aliphatic hydroxyl groups is 4. The topological polar surface area (TPSA) is 199 Å². The molecule has 1 aliphatic carbocycles. The van der Waals surface area contributed by atoms with E-state index in [9.17, 15) is 39.6 Å². The highest BCUT2D eigenvalue weighted by Crippen LogP contribution is 2.39. The highest BCUT2D eigenvalue weighted by molar-refractivity contribution is 6.39. The van der Waals surface area contributed by atoms with Gasteiger partial charge in [0.1, 0.15) is 24.0 Å². The van der Waals surface area contributed by atoms with Gasteiger partial charge in [-0.3, -0.25) is 14.4 Å². The van der Waals surface area contributed by atoms with Gasteiger partial charge in [0.05, 0.1) is 36.6 Å². The van der Waals surface area contributed by atoms with Crippen LogP contribution in [0.15, 0.2) is 11.6 Å². The second kappa shape index (κ2) is 20.8. The Morgan fingerprint density at radius 2 is 1.47 bits per heavy atom. The van der Waals surface area contributed by atoms with E-state index >= 15 is 0 Å². The molecule has 16 atom stereocenters. The van der Waals surface area contributed by atoms with Crippen LogP contribution in [0.5, 0.6) is 0 Å². The molecular formula is C43H71NO13. The van der Waals surface area contributed by atoms with Crippen molar-refractivity contribution in [3.05, 3.63) is 11.6 Å². The van der Waals surface area contributed by atoms with E-state index in [4.69, 9.17) is 23.7 Å². The first-order chi connectivity index (χ1) is 26.9. The molecule has 14 nitrogen and oxygen atoms in total. The molecular weight excluding hydrogens is 738 g/mol. The van der Waals surface area contributed by atoms with Crippen LogP contribution in [-0.2, 0) is 42.9 Å². The first-order valence-corrected chi connectivity index (χ1v) is 21.2. The molecule has 4 rings (SSSR count). The van der Waals surface area contributed by atoms with Gasteiger partial charge in [-0.25, -0.2) is 4.79 Å². The summed E-state index contributed by atoms with van der Waals surface area (Å²) in [5.74, 6) is -8.53. The predicted octanol–water partition coefficient (Wildman–Crippen LogP) is 3.52. The molecule has 16 unspecified atom stereocenters. The molecule has 0 aromatic carbocycles. The number of rotatable bonds is 6. The number of ketones is 2. The molecule has 14 heteroatoms. The summed E-state index contributed by atoms with van der Waals surface area (Å²) in [6.07, 6.45) is -0.268. The second-order valence-corrected chi connectivity index (χ2v) is 17.6. The van der Waals surface area contributed by atoms with Crippen molar-refractivity contribution < 1.29 is 63.3 Å². The number of fused-ring (bicyclic) bond motifs is 3. The number of cyclic esters (lactones) is 1. The fraction of sp³-hybridized carbons (Fsp3) is 0.860. The SMILES string of the molecule is CCC1CC(C)C(O)C(C)CC(OC)C2OC(O)(C(=O)C(=O)N3CCCCC3C(=O)OC(/C(C)=C/C3CCC(O)C(OC)C3)C(C)C(O)CC1=O)C(C)CC2OC. The van der Waals surface area contributed by atoms with E-state index in [-0.39, 0.29) is 61.9 Å². The minimum absolute atomic E-state index is 0.0178. The molecule has 326 valence electrons. The first-order valence-electron chi connectivity index (χ1n) is 21.2. The van der Waals surface area contributed by atoms with Crippen LogP contribution in [0, 0.1) is 35.5 Å². The minimum Gasteiger partial charge on any atom is -0.456 e. The molecule has 57 heavy (non-hydrogen) atoms. The van der Waals surface area contributed by atoms with Crippen LogP contribution in [0.4, 0.5) is 0 Å². The first kappa shape index (κ1) is 47.4. The van der Waals surface area contributed by atoms with Gasteiger partial charge in [-0.1, -0.05) is 40.7 Å². The summed E-state index contributed by atoms with van der Waals surface area (Å²) in [4.78, 5) is 57.7. The number of carbonyl (C=O) groups is 4. The Morgan fingerprint density at radius 3 is 2.11 bits per heavy atom. The molecule has 0 aromatic heterocycles. The average Bonchev–Trinajstić information content (AvgIpc) is 3.20. The number of hydrogen-bond acceptors (Lipinski definition) is 13. The van der Waals surface area contributed by atoms with Crippen molar-refractivity contribution in [1.82, 2.24) is 4.90 Å². The summed E-state index contributed by atoms with van der Waals surface area (Å²) >= 11 is 0. The lowest BCUT2D eigenvalue weighted by atomic mass is 9.78.